The van der Waals surface area contributed by atoms with Crippen molar-refractivity contribution in [2.75, 3.05) is 6.61 Å². The van der Waals surface area contributed by atoms with Crippen LogP contribution in [0.1, 0.15) is 33.1 Å². The van der Waals surface area contributed by atoms with Gasteiger partial charge in [0.1, 0.15) is 0 Å². The van der Waals surface area contributed by atoms with Crippen LogP contribution in [0.5, 0.6) is 0 Å². The summed E-state index contributed by atoms with van der Waals surface area (Å²) in [5.41, 5.74) is 0. The highest BCUT2D eigenvalue weighted by Crippen LogP contribution is 2.17. The van der Waals surface area contributed by atoms with Crippen LogP contribution in [0.4, 0.5) is 0 Å². The fourth-order valence-corrected chi connectivity index (χ4v) is 1.74. The molecule has 2 atom stereocenters. The average Bonchev–Trinajstić information content (AvgIpc) is 2.28. The Balaban J connectivity index is 2.18. The molecule has 1 radical (unpaired) electrons. The third-order valence-corrected chi connectivity index (χ3v) is 2.64. The summed E-state index contributed by atoms with van der Waals surface area (Å²) in [6.07, 6.45) is 2.34. The number of hydrogen-bond acceptors (Lipinski definition) is 4. The van der Waals surface area contributed by atoms with Crippen LogP contribution in [0.3, 0.4) is 0 Å². The van der Waals surface area contributed by atoms with E-state index in [1.165, 1.54) is 0 Å². The van der Waals surface area contributed by atoms with E-state index in [9.17, 15) is 0 Å². The predicted molar refractivity (Wildman–Crippen MR) is 73.1 cm³/mol. The SMILES string of the molecule is C=C(O)CC1CCC(NC(=C)OCC(C)C)[B]O1. The summed E-state index contributed by atoms with van der Waals surface area (Å²) < 4.78 is 11.0. The summed E-state index contributed by atoms with van der Waals surface area (Å²) in [6.45, 7) is 12.1. The molecule has 0 aromatic carbocycles. The summed E-state index contributed by atoms with van der Waals surface area (Å²) in [5.74, 6) is 1.35. The van der Waals surface area contributed by atoms with Crippen molar-refractivity contribution in [1.82, 2.24) is 5.32 Å². The van der Waals surface area contributed by atoms with Crippen molar-refractivity contribution in [2.24, 2.45) is 5.92 Å². The highest BCUT2D eigenvalue weighted by Gasteiger charge is 2.24. The first-order valence-electron chi connectivity index (χ1n) is 6.41. The fourth-order valence-electron chi connectivity index (χ4n) is 1.74. The van der Waals surface area contributed by atoms with E-state index in [1.54, 1.807) is 7.48 Å². The van der Waals surface area contributed by atoms with Gasteiger partial charge in [0.25, 0.3) is 0 Å². The zero-order valence-electron chi connectivity index (χ0n) is 11.3. The lowest BCUT2D eigenvalue weighted by Gasteiger charge is -2.29. The molecule has 1 aliphatic heterocycles. The molecular weight excluding hydrogens is 229 g/mol. The number of hydrogen-bond donors (Lipinski definition) is 2. The Labute approximate surface area is 110 Å². The van der Waals surface area contributed by atoms with Gasteiger partial charge in [0.05, 0.1) is 12.4 Å². The Bertz CT molecular complexity index is 286. The van der Waals surface area contributed by atoms with Crippen molar-refractivity contribution < 1.29 is 14.5 Å². The van der Waals surface area contributed by atoms with Crippen LogP contribution >= 0.6 is 0 Å². The molecule has 0 aliphatic carbocycles. The Kier molecular flexibility index (Phi) is 6.12. The first-order valence-corrected chi connectivity index (χ1v) is 6.41. The molecule has 101 valence electrons. The van der Waals surface area contributed by atoms with Gasteiger partial charge in [-0.3, -0.25) is 0 Å². The van der Waals surface area contributed by atoms with Crippen LogP contribution in [0, 0.1) is 5.92 Å². The van der Waals surface area contributed by atoms with Crippen LogP contribution in [0.15, 0.2) is 24.8 Å². The van der Waals surface area contributed by atoms with Gasteiger partial charge in [0, 0.05) is 18.5 Å². The molecule has 1 heterocycles. The molecule has 0 spiro atoms. The second-order valence-corrected chi connectivity index (χ2v) is 5.12. The van der Waals surface area contributed by atoms with Crippen LogP contribution in [-0.4, -0.2) is 31.2 Å². The van der Waals surface area contributed by atoms with Gasteiger partial charge in [-0.05, 0) is 25.3 Å². The molecular formula is C13H23BNO3. The van der Waals surface area contributed by atoms with Crippen LogP contribution in [-0.2, 0) is 9.39 Å². The minimum absolute atomic E-state index is 0.0328. The van der Waals surface area contributed by atoms with Crippen LogP contribution < -0.4 is 5.32 Å². The normalized spacial score (nSPS) is 23.3. The molecule has 1 fully saturated rings. The Morgan fingerprint density at radius 1 is 1.50 bits per heavy atom. The monoisotopic (exact) mass is 252 g/mol. The predicted octanol–water partition coefficient (Wildman–Crippen LogP) is 2.31. The second kappa shape index (κ2) is 7.36. The Morgan fingerprint density at radius 2 is 2.22 bits per heavy atom. The maximum Gasteiger partial charge on any atom is 0.317 e. The molecule has 18 heavy (non-hydrogen) atoms. The van der Waals surface area contributed by atoms with E-state index >= 15 is 0 Å². The molecule has 0 aromatic heterocycles. The second-order valence-electron chi connectivity index (χ2n) is 5.12. The molecule has 1 saturated heterocycles. The van der Waals surface area contributed by atoms with Crippen molar-refractivity contribution in [3.8, 4) is 0 Å². The highest BCUT2D eigenvalue weighted by molar-refractivity contribution is 6.30. The maximum absolute atomic E-state index is 9.10. The number of aliphatic hydroxyl groups is 1. The molecule has 0 amide bonds. The van der Waals surface area contributed by atoms with Crippen LogP contribution in [0.25, 0.3) is 0 Å². The quantitative estimate of drug-likeness (QED) is 0.539. The van der Waals surface area contributed by atoms with Crippen molar-refractivity contribution in [2.45, 2.75) is 45.2 Å². The fraction of sp³-hybridized carbons (Fsp3) is 0.692. The zero-order chi connectivity index (χ0) is 13.5. The first-order chi connectivity index (χ1) is 8.47. The van der Waals surface area contributed by atoms with E-state index < -0.39 is 0 Å². The van der Waals surface area contributed by atoms with E-state index in [-0.39, 0.29) is 17.8 Å². The Morgan fingerprint density at radius 3 is 2.72 bits per heavy atom. The van der Waals surface area contributed by atoms with E-state index in [1.807, 2.05) is 0 Å². The third kappa shape index (κ3) is 6.01. The summed E-state index contributed by atoms with van der Waals surface area (Å²) in [5, 5.41) is 12.3. The smallest absolute Gasteiger partial charge is 0.317 e. The van der Waals surface area contributed by atoms with Gasteiger partial charge in [-0.25, -0.2) is 0 Å². The van der Waals surface area contributed by atoms with Gasteiger partial charge in [-0.1, -0.05) is 20.4 Å². The summed E-state index contributed by atoms with van der Waals surface area (Å²) in [7, 11) is 1.75. The molecule has 4 nitrogen and oxygen atoms in total. The zero-order valence-corrected chi connectivity index (χ0v) is 11.3. The topological polar surface area (TPSA) is 50.7 Å². The minimum atomic E-state index is 0.0328. The summed E-state index contributed by atoms with van der Waals surface area (Å²) >= 11 is 0. The lowest BCUT2D eigenvalue weighted by Crippen LogP contribution is -2.42. The molecule has 0 aromatic rings. The van der Waals surface area contributed by atoms with Crippen molar-refractivity contribution >= 4 is 7.48 Å². The van der Waals surface area contributed by atoms with E-state index in [0.29, 0.717) is 24.8 Å². The number of aliphatic hydroxyl groups excluding tert-OH is 1. The van der Waals surface area contributed by atoms with E-state index in [2.05, 4.69) is 32.3 Å². The molecule has 5 heteroatoms. The average molecular weight is 252 g/mol. The minimum Gasteiger partial charge on any atom is -0.513 e. The van der Waals surface area contributed by atoms with Crippen molar-refractivity contribution in [3.63, 3.8) is 0 Å². The summed E-state index contributed by atoms with van der Waals surface area (Å²) in [4.78, 5) is 0. The largest absolute Gasteiger partial charge is 0.513 e. The van der Waals surface area contributed by atoms with Gasteiger partial charge >= 0.3 is 7.48 Å². The van der Waals surface area contributed by atoms with Crippen LogP contribution in [0.2, 0.25) is 0 Å². The first kappa shape index (κ1) is 15.0. The molecule has 1 aliphatic rings. The highest BCUT2D eigenvalue weighted by atomic mass is 16.5. The van der Waals surface area contributed by atoms with Crippen molar-refractivity contribution in [3.05, 3.63) is 24.8 Å². The number of rotatable bonds is 7. The molecule has 0 saturated carbocycles. The lowest BCUT2D eigenvalue weighted by atomic mass is 9.79. The van der Waals surface area contributed by atoms with Crippen molar-refractivity contribution in [1.29, 1.82) is 0 Å². The standard InChI is InChI=1S/C13H23BNO3/c1-9(2)8-17-11(4)15-13-6-5-12(18-14-13)7-10(3)16/h9,12-13,15-16H,3-8H2,1-2H3. The Hall–Kier alpha value is -1.10. The third-order valence-electron chi connectivity index (χ3n) is 2.64. The van der Waals surface area contributed by atoms with E-state index in [0.717, 1.165) is 12.8 Å². The molecule has 1 rings (SSSR count). The molecule has 2 N–H and O–H groups in total. The van der Waals surface area contributed by atoms with Gasteiger partial charge in [0.2, 0.25) is 0 Å². The number of ether oxygens (including phenoxy) is 1. The van der Waals surface area contributed by atoms with Gasteiger partial charge in [-0.2, -0.15) is 0 Å². The summed E-state index contributed by atoms with van der Waals surface area (Å²) in [6, 6.07) is 0. The maximum atomic E-state index is 9.10. The lowest BCUT2D eigenvalue weighted by molar-refractivity contribution is 0.134. The molecule has 2 unspecified atom stereocenters. The van der Waals surface area contributed by atoms with E-state index in [4.69, 9.17) is 14.5 Å². The number of nitrogens with one attached hydrogen (secondary N) is 1. The van der Waals surface area contributed by atoms with Gasteiger partial charge in [-0.15, -0.1) is 0 Å². The molecule has 0 bridgehead atoms. The van der Waals surface area contributed by atoms with Gasteiger partial charge in [0.15, 0.2) is 5.88 Å². The van der Waals surface area contributed by atoms with Gasteiger partial charge < -0.3 is 19.8 Å².